The molecule has 0 spiro atoms. The van der Waals surface area contributed by atoms with Crippen LogP contribution >= 0.6 is 11.6 Å². The van der Waals surface area contributed by atoms with Gasteiger partial charge in [0.25, 0.3) is 0 Å². The number of carbonyl (C=O) groups excluding carboxylic acids is 1. The first-order valence-corrected chi connectivity index (χ1v) is 8.81. The van der Waals surface area contributed by atoms with Crippen molar-refractivity contribution < 1.29 is 9.53 Å². The molecule has 0 aliphatic heterocycles. The molecule has 2 aromatic carbocycles. The van der Waals surface area contributed by atoms with E-state index in [1.807, 2.05) is 47.2 Å². The van der Waals surface area contributed by atoms with E-state index in [1.165, 1.54) is 0 Å². The molecule has 5 nitrogen and oxygen atoms in total. The monoisotopic (exact) mass is 369 g/mol. The van der Waals surface area contributed by atoms with E-state index in [0.29, 0.717) is 31.0 Å². The van der Waals surface area contributed by atoms with Gasteiger partial charge in [-0.1, -0.05) is 23.7 Å². The summed E-state index contributed by atoms with van der Waals surface area (Å²) in [6, 6.07) is 15.2. The average Bonchev–Trinajstić information content (AvgIpc) is 3.20. The summed E-state index contributed by atoms with van der Waals surface area (Å²) >= 11 is 5.82. The maximum absolute atomic E-state index is 11.9. The topological polar surface area (TPSA) is 56.1 Å². The van der Waals surface area contributed by atoms with E-state index in [2.05, 4.69) is 10.3 Å². The first-order chi connectivity index (χ1) is 12.7. The number of hydrogen-bond donors (Lipinski definition) is 1. The van der Waals surface area contributed by atoms with Crippen LogP contribution in [0.1, 0.15) is 18.4 Å². The minimum absolute atomic E-state index is 0.0170. The lowest BCUT2D eigenvalue weighted by atomic mass is 10.2. The summed E-state index contributed by atoms with van der Waals surface area (Å²) in [7, 11) is 0. The third-order valence-corrected chi connectivity index (χ3v) is 4.11. The van der Waals surface area contributed by atoms with E-state index in [4.69, 9.17) is 16.3 Å². The van der Waals surface area contributed by atoms with E-state index < -0.39 is 0 Å². The molecule has 0 saturated heterocycles. The van der Waals surface area contributed by atoms with Crippen LogP contribution < -0.4 is 10.1 Å². The number of amides is 1. The summed E-state index contributed by atoms with van der Waals surface area (Å²) in [6.45, 7) is 1.01. The van der Waals surface area contributed by atoms with Crippen LogP contribution in [-0.4, -0.2) is 22.1 Å². The molecule has 3 rings (SSSR count). The number of hydrogen-bond acceptors (Lipinski definition) is 3. The Labute approximate surface area is 157 Å². The SMILES string of the molecule is O=C(CCCOc1ccc(Cl)cc1)NCc1ccc(-n2ccnc2)cc1. The van der Waals surface area contributed by atoms with Crippen molar-refractivity contribution in [1.29, 1.82) is 0 Å². The van der Waals surface area contributed by atoms with Gasteiger partial charge in [-0.3, -0.25) is 4.79 Å². The molecule has 1 heterocycles. The number of halogens is 1. The quantitative estimate of drug-likeness (QED) is 0.610. The molecular weight excluding hydrogens is 350 g/mol. The van der Waals surface area contributed by atoms with Gasteiger partial charge in [-0.15, -0.1) is 0 Å². The fraction of sp³-hybridized carbons (Fsp3) is 0.200. The zero-order valence-electron chi connectivity index (χ0n) is 14.3. The Kier molecular flexibility index (Phi) is 6.28. The fourth-order valence-corrected chi connectivity index (χ4v) is 2.57. The summed E-state index contributed by atoms with van der Waals surface area (Å²) in [5.74, 6) is 0.774. The number of nitrogens with zero attached hydrogens (tertiary/aromatic N) is 2. The molecule has 3 aromatic rings. The zero-order valence-corrected chi connectivity index (χ0v) is 15.0. The van der Waals surface area contributed by atoms with Gasteiger partial charge in [0.15, 0.2) is 0 Å². The van der Waals surface area contributed by atoms with E-state index in [1.54, 1.807) is 24.7 Å². The maximum atomic E-state index is 11.9. The van der Waals surface area contributed by atoms with Crippen LogP contribution in [0.3, 0.4) is 0 Å². The molecule has 0 radical (unpaired) electrons. The smallest absolute Gasteiger partial charge is 0.220 e. The Morgan fingerprint density at radius 1 is 1.12 bits per heavy atom. The van der Waals surface area contributed by atoms with Gasteiger partial charge in [-0.25, -0.2) is 4.98 Å². The minimum atomic E-state index is 0.0170. The van der Waals surface area contributed by atoms with Crippen molar-refractivity contribution in [3.8, 4) is 11.4 Å². The Bertz CT molecular complexity index is 815. The lowest BCUT2D eigenvalue weighted by Crippen LogP contribution is -2.22. The van der Waals surface area contributed by atoms with E-state index in [9.17, 15) is 4.79 Å². The molecule has 0 saturated carbocycles. The Morgan fingerprint density at radius 2 is 1.88 bits per heavy atom. The van der Waals surface area contributed by atoms with Crippen molar-refractivity contribution >= 4 is 17.5 Å². The number of carbonyl (C=O) groups is 1. The summed E-state index contributed by atoms with van der Waals surface area (Å²) in [5, 5.41) is 3.60. The number of benzene rings is 2. The van der Waals surface area contributed by atoms with Gasteiger partial charge in [0, 0.05) is 36.1 Å². The highest BCUT2D eigenvalue weighted by molar-refractivity contribution is 6.30. The normalized spacial score (nSPS) is 10.5. The zero-order chi connectivity index (χ0) is 18.2. The van der Waals surface area contributed by atoms with E-state index >= 15 is 0 Å². The molecule has 0 aliphatic rings. The summed E-state index contributed by atoms with van der Waals surface area (Å²) < 4.78 is 7.51. The Hall–Kier alpha value is -2.79. The summed E-state index contributed by atoms with van der Waals surface area (Å²) in [5.41, 5.74) is 2.09. The molecule has 1 N–H and O–H groups in total. The molecule has 0 unspecified atom stereocenters. The molecular formula is C20H20ClN3O2. The Morgan fingerprint density at radius 3 is 2.58 bits per heavy atom. The molecule has 0 atom stereocenters. The number of nitrogens with one attached hydrogen (secondary N) is 1. The molecule has 1 aromatic heterocycles. The van der Waals surface area contributed by atoms with Gasteiger partial charge in [0.2, 0.25) is 5.91 Å². The first-order valence-electron chi connectivity index (χ1n) is 8.43. The van der Waals surface area contributed by atoms with Crippen molar-refractivity contribution in [2.24, 2.45) is 0 Å². The van der Waals surface area contributed by atoms with Gasteiger partial charge in [0.1, 0.15) is 5.75 Å². The first kappa shape index (κ1) is 18.0. The number of imidazole rings is 1. The molecule has 0 aliphatic carbocycles. The van der Waals surface area contributed by atoms with E-state index in [-0.39, 0.29) is 5.91 Å². The molecule has 26 heavy (non-hydrogen) atoms. The lowest BCUT2D eigenvalue weighted by Gasteiger charge is -2.08. The van der Waals surface area contributed by atoms with Crippen LogP contribution in [-0.2, 0) is 11.3 Å². The van der Waals surface area contributed by atoms with Crippen LogP contribution in [0, 0.1) is 0 Å². The molecule has 134 valence electrons. The third-order valence-electron chi connectivity index (χ3n) is 3.86. The van der Waals surface area contributed by atoms with Crippen molar-refractivity contribution in [2.75, 3.05) is 6.61 Å². The van der Waals surface area contributed by atoms with Crippen LogP contribution in [0.4, 0.5) is 0 Å². The molecule has 6 heteroatoms. The lowest BCUT2D eigenvalue weighted by molar-refractivity contribution is -0.121. The van der Waals surface area contributed by atoms with Gasteiger partial charge >= 0.3 is 0 Å². The van der Waals surface area contributed by atoms with Crippen molar-refractivity contribution in [3.63, 3.8) is 0 Å². The molecule has 0 bridgehead atoms. The largest absolute Gasteiger partial charge is 0.494 e. The van der Waals surface area contributed by atoms with E-state index in [0.717, 1.165) is 17.0 Å². The van der Waals surface area contributed by atoms with Crippen molar-refractivity contribution in [3.05, 3.63) is 77.8 Å². The highest BCUT2D eigenvalue weighted by Crippen LogP contribution is 2.15. The second-order valence-corrected chi connectivity index (χ2v) is 6.26. The van der Waals surface area contributed by atoms with Gasteiger partial charge in [0.05, 0.1) is 12.9 Å². The molecule has 1 amide bonds. The second kappa shape index (κ2) is 9.06. The van der Waals surface area contributed by atoms with Gasteiger partial charge < -0.3 is 14.6 Å². The molecule has 0 fully saturated rings. The number of rotatable bonds is 8. The highest BCUT2D eigenvalue weighted by Gasteiger charge is 2.03. The average molecular weight is 370 g/mol. The fourth-order valence-electron chi connectivity index (χ4n) is 2.44. The summed E-state index contributed by atoms with van der Waals surface area (Å²) in [6.07, 6.45) is 6.48. The summed E-state index contributed by atoms with van der Waals surface area (Å²) in [4.78, 5) is 16.0. The maximum Gasteiger partial charge on any atom is 0.220 e. The van der Waals surface area contributed by atoms with Gasteiger partial charge in [-0.2, -0.15) is 0 Å². The second-order valence-electron chi connectivity index (χ2n) is 5.82. The van der Waals surface area contributed by atoms with Crippen molar-refractivity contribution in [1.82, 2.24) is 14.9 Å². The standard InChI is InChI=1S/C20H20ClN3O2/c21-17-5-9-19(10-6-17)26-13-1-2-20(25)23-14-16-3-7-18(8-4-16)24-12-11-22-15-24/h3-12,15H,1-2,13-14H2,(H,23,25). The third kappa shape index (κ3) is 5.36. The predicted octanol–water partition coefficient (Wildman–Crippen LogP) is 4.00. The van der Waals surface area contributed by atoms with Crippen LogP contribution in [0.15, 0.2) is 67.3 Å². The number of aromatic nitrogens is 2. The highest BCUT2D eigenvalue weighted by atomic mass is 35.5. The van der Waals surface area contributed by atoms with Crippen LogP contribution in [0.25, 0.3) is 5.69 Å². The number of ether oxygens (including phenoxy) is 1. The van der Waals surface area contributed by atoms with Crippen LogP contribution in [0.2, 0.25) is 5.02 Å². The Balaban J connectivity index is 1.35. The van der Waals surface area contributed by atoms with Gasteiger partial charge in [-0.05, 0) is 48.4 Å². The minimum Gasteiger partial charge on any atom is -0.494 e. The van der Waals surface area contributed by atoms with Crippen LogP contribution in [0.5, 0.6) is 5.75 Å². The predicted molar refractivity (Wildman–Crippen MR) is 102 cm³/mol. The van der Waals surface area contributed by atoms with Crippen molar-refractivity contribution in [2.45, 2.75) is 19.4 Å².